The van der Waals surface area contributed by atoms with Crippen LogP contribution in [0.15, 0.2) is 36.4 Å². The van der Waals surface area contributed by atoms with Crippen molar-refractivity contribution in [1.29, 1.82) is 0 Å². The molecule has 31 heavy (non-hydrogen) atoms. The number of carboxylic acid groups (broad SMARTS) is 1. The Kier molecular flexibility index (Phi) is 8.59. The zero-order chi connectivity index (χ0) is 22.2. The molecule has 0 atom stereocenters. The Bertz CT molecular complexity index is 869. The Labute approximate surface area is 183 Å². The molecule has 0 radical (unpaired) electrons. The Morgan fingerprint density at radius 2 is 1.26 bits per heavy atom. The highest BCUT2D eigenvalue weighted by atomic mass is 19.1. The van der Waals surface area contributed by atoms with Crippen LogP contribution in [0.2, 0.25) is 0 Å². The molecule has 0 aliphatic heterocycles. The Morgan fingerprint density at radius 1 is 0.774 bits per heavy atom. The number of halogens is 2. The minimum atomic E-state index is -1.07. The van der Waals surface area contributed by atoms with Crippen molar-refractivity contribution in [3.63, 3.8) is 0 Å². The van der Waals surface area contributed by atoms with Gasteiger partial charge in [-0.15, -0.1) is 0 Å². The van der Waals surface area contributed by atoms with Crippen LogP contribution in [0.4, 0.5) is 8.78 Å². The van der Waals surface area contributed by atoms with E-state index in [9.17, 15) is 13.6 Å². The molecule has 2 aliphatic rings. The molecule has 2 aromatic carbocycles. The zero-order valence-electron chi connectivity index (χ0n) is 18.0. The van der Waals surface area contributed by atoms with Gasteiger partial charge in [-0.05, 0) is 72.4 Å². The third kappa shape index (κ3) is 6.36. The van der Waals surface area contributed by atoms with E-state index < -0.39 is 5.97 Å². The number of carbonyl (C=O) groups is 1. The minimum absolute atomic E-state index is 0.0251. The highest BCUT2D eigenvalue weighted by molar-refractivity contribution is 5.87. The van der Waals surface area contributed by atoms with E-state index in [1.54, 1.807) is 6.07 Å². The van der Waals surface area contributed by atoms with Crippen LogP contribution in [0.25, 0.3) is 0 Å². The summed E-state index contributed by atoms with van der Waals surface area (Å²) in [5.74, 6) is -0.919. The van der Waals surface area contributed by atoms with Crippen LogP contribution >= 0.6 is 0 Å². The molecule has 4 rings (SSSR count). The fraction of sp³-hybridized carbons (Fsp3) is 0.500. The van der Waals surface area contributed by atoms with E-state index in [-0.39, 0.29) is 29.7 Å². The van der Waals surface area contributed by atoms with Gasteiger partial charge in [-0.2, -0.15) is 0 Å². The van der Waals surface area contributed by atoms with Crippen molar-refractivity contribution in [2.75, 3.05) is 0 Å². The number of carboxylic acids is 1. The van der Waals surface area contributed by atoms with Crippen molar-refractivity contribution < 1.29 is 23.8 Å². The molecule has 2 aromatic rings. The van der Waals surface area contributed by atoms with Crippen LogP contribution in [-0.4, -0.2) is 16.2 Å². The molecule has 168 valence electrons. The molecule has 2 fully saturated rings. The van der Waals surface area contributed by atoms with E-state index in [2.05, 4.69) is 0 Å². The van der Waals surface area contributed by atoms with Crippen molar-refractivity contribution in [2.24, 2.45) is 0 Å². The average molecular weight is 431 g/mol. The fourth-order valence-corrected chi connectivity index (χ4v) is 4.82. The standard InChI is InChI=1S/C13H15FO2.C13H17FO/c14-12-8-10(13(15)16)6-7-11(12)9-4-2-1-3-5-9;14-13-8-10(9-15)6-7-12(13)11-4-2-1-3-5-11/h6-9H,1-5H2,(H,15,16);6-8,11,15H,1-5,9H2. The van der Waals surface area contributed by atoms with Gasteiger partial charge >= 0.3 is 5.97 Å². The van der Waals surface area contributed by atoms with Crippen LogP contribution in [-0.2, 0) is 6.61 Å². The maximum Gasteiger partial charge on any atom is 0.335 e. The van der Waals surface area contributed by atoms with Gasteiger partial charge in [0.2, 0.25) is 0 Å². The second-order valence-corrected chi connectivity index (χ2v) is 8.73. The highest BCUT2D eigenvalue weighted by Crippen LogP contribution is 2.35. The summed E-state index contributed by atoms with van der Waals surface area (Å²) in [7, 11) is 0. The quantitative estimate of drug-likeness (QED) is 0.552. The number of aromatic carboxylic acids is 1. The summed E-state index contributed by atoms with van der Waals surface area (Å²) < 4.78 is 27.4. The summed E-state index contributed by atoms with van der Waals surface area (Å²) >= 11 is 0. The number of hydrogen-bond acceptors (Lipinski definition) is 2. The van der Waals surface area contributed by atoms with Gasteiger partial charge in [-0.25, -0.2) is 13.6 Å². The zero-order valence-corrected chi connectivity index (χ0v) is 18.0. The lowest BCUT2D eigenvalue weighted by atomic mass is 9.83. The molecule has 2 N–H and O–H groups in total. The van der Waals surface area contributed by atoms with Gasteiger partial charge in [-0.3, -0.25) is 0 Å². The highest BCUT2D eigenvalue weighted by Gasteiger charge is 2.20. The summed E-state index contributed by atoms with van der Waals surface area (Å²) in [6.07, 6.45) is 11.5. The van der Waals surface area contributed by atoms with Crippen molar-refractivity contribution in [1.82, 2.24) is 0 Å². The van der Waals surface area contributed by atoms with Crippen LogP contribution in [0.1, 0.15) is 103 Å². The minimum Gasteiger partial charge on any atom is -0.478 e. The van der Waals surface area contributed by atoms with Crippen molar-refractivity contribution >= 4 is 5.97 Å². The Hall–Kier alpha value is -2.27. The van der Waals surface area contributed by atoms with Crippen LogP contribution < -0.4 is 0 Å². The van der Waals surface area contributed by atoms with Gasteiger partial charge in [0.05, 0.1) is 12.2 Å². The second kappa shape index (κ2) is 11.4. The molecule has 2 saturated carbocycles. The van der Waals surface area contributed by atoms with E-state index >= 15 is 0 Å². The second-order valence-electron chi connectivity index (χ2n) is 8.73. The molecular weight excluding hydrogens is 398 g/mol. The molecule has 0 aromatic heterocycles. The lowest BCUT2D eigenvalue weighted by Crippen LogP contribution is -2.08. The van der Waals surface area contributed by atoms with E-state index in [1.165, 1.54) is 37.8 Å². The molecule has 0 amide bonds. The number of rotatable bonds is 4. The SMILES string of the molecule is O=C(O)c1ccc(C2CCCCC2)c(F)c1.OCc1ccc(C2CCCCC2)c(F)c1. The molecule has 0 saturated heterocycles. The van der Waals surface area contributed by atoms with Gasteiger partial charge in [-0.1, -0.05) is 56.7 Å². The third-order valence-corrected chi connectivity index (χ3v) is 6.58. The normalized spacial score (nSPS) is 17.6. The van der Waals surface area contributed by atoms with Gasteiger partial charge in [0.15, 0.2) is 0 Å². The predicted molar refractivity (Wildman–Crippen MR) is 117 cm³/mol. The summed E-state index contributed by atoms with van der Waals surface area (Å²) in [6, 6.07) is 9.39. The lowest BCUT2D eigenvalue weighted by molar-refractivity contribution is 0.0696. The third-order valence-electron chi connectivity index (χ3n) is 6.58. The molecule has 0 heterocycles. The summed E-state index contributed by atoms with van der Waals surface area (Å²) in [6.45, 7) is -0.0815. The van der Waals surface area contributed by atoms with Crippen LogP contribution in [0.5, 0.6) is 0 Å². The van der Waals surface area contributed by atoms with E-state index in [1.807, 2.05) is 12.1 Å². The summed E-state index contributed by atoms with van der Waals surface area (Å²) in [5, 5.41) is 17.6. The van der Waals surface area contributed by atoms with Gasteiger partial charge < -0.3 is 10.2 Å². The monoisotopic (exact) mass is 430 g/mol. The Balaban J connectivity index is 0.000000176. The van der Waals surface area contributed by atoms with E-state index in [4.69, 9.17) is 10.2 Å². The first-order valence-corrected chi connectivity index (χ1v) is 11.4. The van der Waals surface area contributed by atoms with Crippen molar-refractivity contribution in [3.8, 4) is 0 Å². The maximum absolute atomic E-state index is 13.7. The number of aliphatic hydroxyl groups is 1. The van der Waals surface area contributed by atoms with Crippen LogP contribution in [0, 0.1) is 11.6 Å². The van der Waals surface area contributed by atoms with Gasteiger partial charge in [0.1, 0.15) is 11.6 Å². The first kappa shape index (κ1) is 23.4. The molecule has 0 spiro atoms. The smallest absolute Gasteiger partial charge is 0.335 e. The first-order valence-electron chi connectivity index (χ1n) is 11.4. The number of aliphatic hydroxyl groups excluding tert-OH is 1. The number of hydrogen-bond donors (Lipinski definition) is 2. The maximum atomic E-state index is 13.7. The Morgan fingerprint density at radius 3 is 1.68 bits per heavy atom. The van der Waals surface area contributed by atoms with Crippen molar-refractivity contribution in [3.05, 3.63) is 70.3 Å². The molecule has 3 nitrogen and oxygen atoms in total. The number of benzene rings is 2. The predicted octanol–water partition coefficient (Wildman–Crippen LogP) is 6.94. The van der Waals surface area contributed by atoms with E-state index in [0.717, 1.165) is 50.2 Å². The van der Waals surface area contributed by atoms with E-state index in [0.29, 0.717) is 17.0 Å². The molecule has 0 unspecified atom stereocenters. The molecular formula is C26H32F2O3. The summed E-state index contributed by atoms with van der Waals surface area (Å²) in [4.78, 5) is 10.7. The largest absolute Gasteiger partial charge is 0.478 e. The first-order chi connectivity index (χ1) is 15.0. The van der Waals surface area contributed by atoms with Gasteiger partial charge in [0.25, 0.3) is 0 Å². The molecule has 2 aliphatic carbocycles. The summed E-state index contributed by atoms with van der Waals surface area (Å²) in [5.41, 5.74) is 2.21. The fourth-order valence-electron chi connectivity index (χ4n) is 4.82. The average Bonchev–Trinajstić information content (AvgIpc) is 2.80. The molecule has 5 heteroatoms. The van der Waals surface area contributed by atoms with Gasteiger partial charge in [0, 0.05) is 0 Å². The van der Waals surface area contributed by atoms with Crippen LogP contribution in [0.3, 0.4) is 0 Å². The topological polar surface area (TPSA) is 57.5 Å². The van der Waals surface area contributed by atoms with Crippen molar-refractivity contribution in [2.45, 2.75) is 82.7 Å². The lowest BCUT2D eigenvalue weighted by Gasteiger charge is -2.22. The molecule has 0 bridgehead atoms.